The lowest BCUT2D eigenvalue weighted by Crippen LogP contribution is -2.16. The molecule has 0 saturated heterocycles. The summed E-state index contributed by atoms with van der Waals surface area (Å²) in [5.41, 5.74) is 2.53. The molecule has 1 N–H and O–H groups in total. The average molecular weight is 325 g/mol. The number of fused-ring (bicyclic) bond motifs is 1. The first-order chi connectivity index (χ1) is 11.7. The molecule has 0 spiro atoms. The molecule has 0 aliphatic heterocycles. The summed E-state index contributed by atoms with van der Waals surface area (Å²) in [4.78, 5) is 17.4. The van der Waals surface area contributed by atoms with Crippen molar-refractivity contribution in [1.29, 1.82) is 0 Å². The first-order valence-electron chi connectivity index (χ1n) is 7.67. The number of pyridine rings is 1. The van der Waals surface area contributed by atoms with Crippen molar-refractivity contribution in [2.45, 2.75) is 13.3 Å². The smallest absolute Gasteiger partial charge is 0.274 e. The Morgan fingerprint density at radius 1 is 1.21 bits per heavy atom. The number of hydrogen-bond donors (Lipinski definition) is 1. The molecule has 0 saturated carbocycles. The van der Waals surface area contributed by atoms with E-state index in [0.717, 1.165) is 5.69 Å². The Morgan fingerprint density at radius 3 is 2.75 bits per heavy atom. The molecule has 1 aromatic carbocycles. The van der Waals surface area contributed by atoms with Crippen LogP contribution in [-0.2, 0) is 6.42 Å². The maximum absolute atomic E-state index is 12.8. The van der Waals surface area contributed by atoms with Crippen molar-refractivity contribution in [2.75, 3.05) is 19.5 Å². The molecule has 0 atom stereocenters. The number of carbonyl (C=O) groups excluding carboxylic acids is 1. The van der Waals surface area contributed by atoms with Gasteiger partial charge in [0.2, 0.25) is 0 Å². The molecule has 0 radical (unpaired) electrons. The molecular weight excluding hydrogens is 306 g/mol. The topological polar surface area (TPSA) is 64.9 Å². The third-order valence-electron chi connectivity index (χ3n) is 3.78. The lowest BCUT2D eigenvalue weighted by atomic mass is 10.2. The number of methoxy groups -OCH3 is 2. The third-order valence-corrected chi connectivity index (χ3v) is 3.78. The Balaban J connectivity index is 2.02. The fraction of sp³-hybridized carbons (Fsp3) is 0.222. The van der Waals surface area contributed by atoms with Crippen LogP contribution in [0, 0.1) is 0 Å². The number of ether oxygens (including phenoxy) is 2. The fourth-order valence-corrected chi connectivity index (χ4v) is 2.63. The number of aromatic nitrogens is 2. The zero-order chi connectivity index (χ0) is 17.1. The van der Waals surface area contributed by atoms with E-state index in [2.05, 4.69) is 10.3 Å². The number of carbonyl (C=O) groups is 1. The maximum Gasteiger partial charge on any atom is 0.274 e. The molecule has 2 aromatic heterocycles. The van der Waals surface area contributed by atoms with Crippen molar-refractivity contribution in [3.05, 3.63) is 54.0 Å². The van der Waals surface area contributed by atoms with E-state index in [-0.39, 0.29) is 5.91 Å². The van der Waals surface area contributed by atoms with Crippen LogP contribution in [0.5, 0.6) is 11.5 Å². The number of imidazole rings is 1. The van der Waals surface area contributed by atoms with Gasteiger partial charge in [0.25, 0.3) is 5.91 Å². The van der Waals surface area contributed by atoms with Gasteiger partial charge in [-0.2, -0.15) is 0 Å². The SMILES string of the molecule is CCc1nc2c(OC)cccn2c1C(=O)Nc1cccc(OC)c1. The summed E-state index contributed by atoms with van der Waals surface area (Å²) in [7, 11) is 3.18. The minimum absolute atomic E-state index is 0.221. The molecule has 24 heavy (non-hydrogen) atoms. The van der Waals surface area contributed by atoms with E-state index in [1.807, 2.05) is 43.5 Å². The van der Waals surface area contributed by atoms with Crippen LogP contribution in [0.3, 0.4) is 0 Å². The van der Waals surface area contributed by atoms with Crippen molar-refractivity contribution >= 4 is 17.2 Å². The Hall–Kier alpha value is -3.02. The summed E-state index contributed by atoms with van der Waals surface area (Å²) in [5.74, 6) is 1.09. The van der Waals surface area contributed by atoms with Crippen molar-refractivity contribution in [2.24, 2.45) is 0 Å². The normalized spacial score (nSPS) is 10.6. The van der Waals surface area contributed by atoms with Crippen molar-refractivity contribution in [3.63, 3.8) is 0 Å². The summed E-state index contributed by atoms with van der Waals surface area (Å²) >= 11 is 0. The molecule has 2 heterocycles. The van der Waals surface area contributed by atoms with Crippen LogP contribution in [0.25, 0.3) is 5.65 Å². The van der Waals surface area contributed by atoms with Crippen LogP contribution >= 0.6 is 0 Å². The standard InChI is InChI=1S/C18H19N3O3/c1-4-14-16(21-10-6-9-15(24-3)17(21)20-14)18(22)19-12-7-5-8-13(11-12)23-2/h5-11H,4H2,1-3H3,(H,19,22). The number of nitrogens with zero attached hydrogens (tertiary/aromatic N) is 2. The van der Waals surface area contributed by atoms with E-state index in [0.29, 0.717) is 34.9 Å². The second-order valence-electron chi connectivity index (χ2n) is 5.22. The molecule has 1 amide bonds. The number of rotatable bonds is 5. The number of amides is 1. The van der Waals surface area contributed by atoms with Gasteiger partial charge in [0.05, 0.1) is 19.9 Å². The van der Waals surface area contributed by atoms with Gasteiger partial charge in [-0.3, -0.25) is 9.20 Å². The zero-order valence-corrected chi connectivity index (χ0v) is 13.9. The third kappa shape index (κ3) is 2.78. The van der Waals surface area contributed by atoms with E-state index >= 15 is 0 Å². The van der Waals surface area contributed by atoms with Crippen LogP contribution in [0.4, 0.5) is 5.69 Å². The minimum atomic E-state index is -0.221. The summed E-state index contributed by atoms with van der Waals surface area (Å²) in [6.45, 7) is 1.97. The summed E-state index contributed by atoms with van der Waals surface area (Å²) < 4.78 is 12.3. The number of hydrogen-bond acceptors (Lipinski definition) is 4. The number of benzene rings is 1. The van der Waals surface area contributed by atoms with Crippen molar-refractivity contribution in [3.8, 4) is 11.5 Å². The van der Waals surface area contributed by atoms with E-state index in [1.54, 1.807) is 24.7 Å². The van der Waals surface area contributed by atoms with Gasteiger partial charge in [-0.15, -0.1) is 0 Å². The molecule has 0 bridgehead atoms. The second kappa shape index (κ2) is 6.62. The first kappa shape index (κ1) is 15.9. The van der Waals surface area contributed by atoms with E-state index in [1.165, 1.54) is 0 Å². The number of anilines is 1. The molecule has 124 valence electrons. The molecule has 0 aliphatic rings. The first-order valence-corrected chi connectivity index (χ1v) is 7.67. The lowest BCUT2D eigenvalue weighted by molar-refractivity contribution is 0.102. The zero-order valence-electron chi connectivity index (χ0n) is 13.9. The molecular formula is C18H19N3O3. The lowest BCUT2D eigenvalue weighted by Gasteiger charge is -2.08. The van der Waals surface area contributed by atoms with Crippen LogP contribution in [-0.4, -0.2) is 29.5 Å². The molecule has 0 fully saturated rings. The highest BCUT2D eigenvalue weighted by Gasteiger charge is 2.20. The number of aryl methyl sites for hydroxylation is 1. The van der Waals surface area contributed by atoms with Crippen LogP contribution in [0.15, 0.2) is 42.6 Å². The summed E-state index contributed by atoms with van der Waals surface area (Å²) in [5, 5.41) is 2.90. The molecule has 0 unspecified atom stereocenters. The average Bonchev–Trinajstić information content (AvgIpc) is 3.00. The van der Waals surface area contributed by atoms with Crippen LogP contribution < -0.4 is 14.8 Å². The number of nitrogens with one attached hydrogen (secondary N) is 1. The molecule has 0 aliphatic carbocycles. The van der Waals surface area contributed by atoms with E-state index in [9.17, 15) is 4.79 Å². The Bertz CT molecular complexity index is 886. The molecule has 3 aromatic rings. The molecule has 3 rings (SSSR count). The minimum Gasteiger partial charge on any atom is -0.497 e. The highest BCUT2D eigenvalue weighted by atomic mass is 16.5. The second-order valence-corrected chi connectivity index (χ2v) is 5.22. The predicted octanol–water partition coefficient (Wildman–Crippen LogP) is 3.17. The van der Waals surface area contributed by atoms with Gasteiger partial charge in [0.1, 0.15) is 11.4 Å². The van der Waals surface area contributed by atoms with Crippen molar-refractivity contribution < 1.29 is 14.3 Å². The predicted molar refractivity (Wildman–Crippen MR) is 92.1 cm³/mol. The van der Waals surface area contributed by atoms with Crippen LogP contribution in [0.2, 0.25) is 0 Å². The molecule has 6 heteroatoms. The van der Waals surface area contributed by atoms with Crippen molar-refractivity contribution in [1.82, 2.24) is 9.38 Å². The highest BCUT2D eigenvalue weighted by molar-refractivity contribution is 6.04. The molecule has 6 nitrogen and oxygen atoms in total. The quantitative estimate of drug-likeness (QED) is 0.782. The van der Waals surface area contributed by atoms with Gasteiger partial charge in [-0.25, -0.2) is 4.98 Å². The van der Waals surface area contributed by atoms with Gasteiger partial charge >= 0.3 is 0 Å². The Labute approximate surface area is 140 Å². The van der Waals surface area contributed by atoms with Gasteiger partial charge in [0.15, 0.2) is 11.4 Å². The fourth-order valence-electron chi connectivity index (χ4n) is 2.63. The van der Waals surface area contributed by atoms with Crippen LogP contribution in [0.1, 0.15) is 23.1 Å². The summed E-state index contributed by atoms with van der Waals surface area (Å²) in [6.07, 6.45) is 2.45. The largest absolute Gasteiger partial charge is 0.497 e. The van der Waals surface area contributed by atoms with E-state index < -0.39 is 0 Å². The summed E-state index contributed by atoms with van der Waals surface area (Å²) in [6, 6.07) is 10.9. The highest BCUT2D eigenvalue weighted by Crippen LogP contribution is 2.24. The van der Waals surface area contributed by atoms with Gasteiger partial charge in [0, 0.05) is 18.0 Å². The van der Waals surface area contributed by atoms with Gasteiger partial charge < -0.3 is 14.8 Å². The maximum atomic E-state index is 12.8. The monoisotopic (exact) mass is 325 g/mol. The Morgan fingerprint density at radius 2 is 2.04 bits per heavy atom. The van der Waals surface area contributed by atoms with E-state index in [4.69, 9.17) is 9.47 Å². The van der Waals surface area contributed by atoms with Gasteiger partial charge in [-0.05, 0) is 30.7 Å². The Kier molecular flexibility index (Phi) is 4.37. The van der Waals surface area contributed by atoms with Gasteiger partial charge in [-0.1, -0.05) is 13.0 Å².